The third-order valence-corrected chi connectivity index (χ3v) is 3.13. The molecule has 1 heterocycles. The Hall–Kier alpha value is -2.14. The van der Waals surface area contributed by atoms with Gasteiger partial charge in [0.1, 0.15) is 18.0 Å². The SMILES string of the molecule is COc1nc(CC(C)C)c(OCc2ccccc2)nc1CO. The first-order valence-electron chi connectivity index (χ1n) is 7.35. The Kier molecular flexibility index (Phi) is 5.72. The van der Waals surface area contributed by atoms with Gasteiger partial charge in [0.25, 0.3) is 0 Å². The lowest BCUT2D eigenvalue weighted by atomic mass is 10.1. The van der Waals surface area contributed by atoms with E-state index < -0.39 is 0 Å². The number of aliphatic hydroxyl groups excluding tert-OH is 1. The van der Waals surface area contributed by atoms with Crippen molar-refractivity contribution in [3.63, 3.8) is 0 Å². The second-order valence-electron chi connectivity index (χ2n) is 5.46. The van der Waals surface area contributed by atoms with E-state index in [9.17, 15) is 5.11 Å². The summed E-state index contributed by atoms with van der Waals surface area (Å²) in [5.74, 6) is 1.23. The van der Waals surface area contributed by atoms with Crippen LogP contribution >= 0.6 is 0 Å². The quantitative estimate of drug-likeness (QED) is 0.852. The van der Waals surface area contributed by atoms with Crippen LogP contribution in [-0.2, 0) is 19.6 Å². The highest BCUT2D eigenvalue weighted by Gasteiger charge is 2.16. The van der Waals surface area contributed by atoms with Crippen LogP contribution in [0.2, 0.25) is 0 Å². The molecular weight excluding hydrogens is 280 g/mol. The van der Waals surface area contributed by atoms with Crippen LogP contribution in [-0.4, -0.2) is 22.2 Å². The van der Waals surface area contributed by atoms with E-state index in [0.717, 1.165) is 17.7 Å². The molecule has 0 bridgehead atoms. The minimum Gasteiger partial charge on any atom is -0.480 e. The highest BCUT2D eigenvalue weighted by molar-refractivity contribution is 5.29. The molecule has 0 aliphatic heterocycles. The molecular formula is C17H22N2O3. The molecule has 5 heteroatoms. The molecule has 0 aliphatic carbocycles. The zero-order valence-electron chi connectivity index (χ0n) is 13.2. The van der Waals surface area contributed by atoms with E-state index in [1.54, 1.807) is 0 Å². The first-order valence-corrected chi connectivity index (χ1v) is 7.35. The second kappa shape index (κ2) is 7.75. The molecule has 2 aromatic rings. The van der Waals surface area contributed by atoms with E-state index in [2.05, 4.69) is 23.8 Å². The smallest absolute Gasteiger partial charge is 0.238 e. The Morgan fingerprint density at radius 2 is 1.73 bits per heavy atom. The summed E-state index contributed by atoms with van der Waals surface area (Å²) in [6, 6.07) is 9.88. The van der Waals surface area contributed by atoms with Crippen molar-refractivity contribution >= 4 is 0 Å². The maximum Gasteiger partial charge on any atom is 0.238 e. The normalized spacial score (nSPS) is 10.8. The summed E-state index contributed by atoms with van der Waals surface area (Å²) in [6.45, 7) is 4.39. The summed E-state index contributed by atoms with van der Waals surface area (Å²) in [7, 11) is 1.52. The van der Waals surface area contributed by atoms with E-state index in [0.29, 0.717) is 30.0 Å². The van der Waals surface area contributed by atoms with Crippen molar-refractivity contribution in [1.82, 2.24) is 9.97 Å². The highest BCUT2D eigenvalue weighted by Crippen LogP contribution is 2.24. The van der Waals surface area contributed by atoms with Crippen LogP contribution < -0.4 is 9.47 Å². The van der Waals surface area contributed by atoms with Crippen molar-refractivity contribution in [2.24, 2.45) is 5.92 Å². The number of benzene rings is 1. The van der Waals surface area contributed by atoms with Crippen molar-refractivity contribution < 1.29 is 14.6 Å². The summed E-state index contributed by atoms with van der Waals surface area (Å²) < 4.78 is 11.0. The van der Waals surface area contributed by atoms with Crippen LogP contribution in [0.3, 0.4) is 0 Å². The largest absolute Gasteiger partial charge is 0.480 e. The van der Waals surface area contributed by atoms with Crippen LogP contribution in [0.25, 0.3) is 0 Å². The molecule has 2 rings (SSSR count). The molecule has 0 unspecified atom stereocenters. The fourth-order valence-electron chi connectivity index (χ4n) is 2.10. The Bertz CT molecular complexity index is 600. The van der Waals surface area contributed by atoms with Crippen LogP contribution in [0.5, 0.6) is 11.8 Å². The van der Waals surface area contributed by atoms with Gasteiger partial charge in [0.05, 0.1) is 13.7 Å². The minimum atomic E-state index is -0.236. The summed E-state index contributed by atoms with van der Waals surface area (Å²) >= 11 is 0. The molecule has 1 aromatic heterocycles. The monoisotopic (exact) mass is 302 g/mol. The second-order valence-corrected chi connectivity index (χ2v) is 5.46. The molecule has 22 heavy (non-hydrogen) atoms. The zero-order valence-corrected chi connectivity index (χ0v) is 13.2. The topological polar surface area (TPSA) is 64.5 Å². The summed E-state index contributed by atoms with van der Waals surface area (Å²) in [4.78, 5) is 8.82. The van der Waals surface area contributed by atoms with Crippen molar-refractivity contribution in [3.8, 4) is 11.8 Å². The molecule has 0 radical (unpaired) electrons. The van der Waals surface area contributed by atoms with Gasteiger partial charge >= 0.3 is 0 Å². The molecule has 1 aromatic carbocycles. The van der Waals surface area contributed by atoms with Gasteiger partial charge in [-0.25, -0.2) is 9.97 Å². The number of hydrogen-bond donors (Lipinski definition) is 1. The standard InChI is InChI=1S/C17H22N2O3/c1-12(2)9-14-17(19-15(10-20)16(18-14)21-3)22-11-13-7-5-4-6-8-13/h4-8,12,20H,9-11H2,1-3H3. The molecule has 0 spiro atoms. The number of rotatable bonds is 7. The van der Waals surface area contributed by atoms with Gasteiger partial charge in [0.2, 0.25) is 11.8 Å². The van der Waals surface area contributed by atoms with Gasteiger partial charge in [0.15, 0.2) is 0 Å². The van der Waals surface area contributed by atoms with E-state index in [1.165, 1.54) is 7.11 Å². The van der Waals surface area contributed by atoms with E-state index >= 15 is 0 Å². The molecule has 118 valence electrons. The predicted octanol–water partition coefficient (Wildman–Crippen LogP) is 2.76. The lowest BCUT2D eigenvalue weighted by molar-refractivity contribution is 0.251. The zero-order chi connectivity index (χ0) is 15.9. The van der Waals surface area contributed by atoms with Gasteiger partial charge < -0.3 is 14.6 Å². The Morgan fingerprint density at radius 3 is 2.32 bits per heavy atom. The summed E-state index contributed by atoms with van der Waals surface area (Å²) in [6.07, 6.45) is 0.735. The van der Waals surface area contributed by atoms with Gasteiger partial charge in [-0.1, -0.05) is 44.2 Å². The van der Waals surface area contributed by atoms with E-state index in [4.69, 9.17) is 9.47 Å². The first kappa shape index (κ1) is 16.2. The van der Waals surface area contributed by atoms with Gasteiger partial charge in [-0.15, -0.1) is 0 Å². The van der Waals surface area contributed by atoms with Crippen LogP contribution in [0.15, 0.2) is 30.3 Å². The predicted molar refractivity (Wildman–Crippen MR) is 83.8 cm³/mol. The Morgan fingerprint density at radius 1 is 1.05 bits per heavy atom. The molecule has 0 atom stereocenters. The fourth-order valence-corrected chi connectivity index (χ4v) is 2.10. The number of ether oxygens (including phenoxy) is 2. The number of nitrogens with zero attached hydrogens (tertiary/aromatic N) is 2. The highest BCUT2D eigenvalue weighted by atomic mass is 16.5. The third-order valence-electron chi connectivity index (χ3n) is 3.13. The minimum absolute atomic E-state index is 0.236. The lowest BCUT2D eigenvalue weighted by Gasteiger charge is -2.14. The van der Waals surface area contributed by atoms with Gasteiger partial charge in [-0.2, -0.15) is 0 Å². The van der Waals surface area contributed by atoms with Crippen LogP contribution in [0.4, 0.5) is 0 Å². The van der Waals surface area contributed by atoms with Crippen molar-refractivity contribution in [2.75, 3.05) is 7.11 Å². The lowest BCUT2D eigenvalue weighted by Crippen LogP contribution is -2.09. The first-order chi connectivity index (χ1) is 10.6. The van der Waals surface area contributed by atoms with E-state index in [1.807, 2.05) is 30.3 Å². The third kappa shape index (κ3) is 4.18. The van der Waals surface area contributed by atoms with Crippen LogP contribution in [0, 0.1) is 5.92 Å². The van der Waals surface area contributed by atoms with Crippen molar-refractivity contribution in [3.05, 3.63) is 47.3 Å². The number of methoxy groups -OCH3 is 1. The summed E-state index contributed by atoms with van der Waals surface area (Å²) in [5, 5.41) is 9.39. The Labute approximate surface area is 131 Å². The van der Waals surface area contributed by atoms with Crippen molar-refractivity contribution in [1.29, 1.82) is 0 Å². The average Bonchev–Trinajstić information content (AvgIpc) is 2.53. The fraction of sp³-hybridized carbons (Fsp3) is 0.412. The molecule has 5 nitrogen and oxygen atoms in total. The molecule has 0 saturated carbocycles. The molecule has 0 saturated heterocycles. The number of aromatic nitrogens is 2. The van der Waals surface area contributed by atoms with Gasteiger partial charge in [-0.3, -0.25) is 0 Å². The summed E-state index contributed by atoms with van der Waals surface area (Å²) in [5.41, 5.74) is 2.19. The molecule has 1 N–H and O–H groups in total. The van der Waals surface area contributed by atoms with Gasteiger partial charge in [0, 0.05) is 0 Å². The van der Waals surface area contributed by atoms with Crippen molar-refractivity contribution in [2.45, 2.75) is 33.5 Å². The molecule has 0 aliphatic rings. The molecule has 0 fully saturated rings. The Balaban J connectivity index is 2.26. The van der Waals surface area contributed by atoms with Crippen LogP contribution in [0.1, 0.15) is 30.8 Å². The molecule has 0 amide bonds. The maximum atomic E-state index is 9.39. The number of hydrogen-bond acceptors (Lipinski definition) is 5. The number of aliphatic hydroxyl groups is 1. The average molecular weight is 302 g/mol. The maximum absolute atomic E-state index is 9.39. The van der Waals surface area contributed by atoms with E-state index in [-0.39, 0.29) is 6.61 Å². The van der Waals surface area contributed by atoms with Gasteiger partial charge in [-0.05, 0) is 17.9 Å².